The SMILES string of the molecule is CN(C)C(=O)OCC12CCCN1CCC2. The Labute approximate surface area is 91.2 Å². The molecule has 86 valence electrons. The van der Waals surface area contributed by atoms with Crippen molar-refractivity contribution in [3.63, 3.8) is 0 Å². The summed E-state index contributed by atoms with van der Waals surface area (Å²) < 4.78 is 5.34. The molecule has 15 heavy (non-hydrogen) atoms. The molecule has 0 N–H and O–H groups in total. The van der Waals surface area contributed by atoms with E-state index in [9.17, 15) is 4.79 Å². The predicted octanol–water partition coefficient (Wildman–Crippen LogP) is 1.31. The van der Waals surface area contributed by atoms with Crippen LogP contribution < -0.4 is 0 Å². The molecule has 1 amide bonds. The number of carbonyl (C=O) groups is 1. The molecular weight excluding hydrogens is 192 g/mol. The molecule has 2 heterocycles. The Morgan fingerprint density at radius 2 is 1.93 bits per heavy atom. The number of nitrogens with zero attached hydrogens (tertiary/aromatic N) is 2. The summed E-state index contributed by atoms with van der Waals surface area (Å²) in [6.07, 6.45) is 4.66. The Morgan fingerprint density at radius 3 is 2.47 bits per heavy atom. The van der Waals surface area contributed by atoms with Crippen LogP contribution in [0.2, 0.25) is 0 Å². The van der Waals surface area contributed by atoms with Gasteiger partial charge in [-0.2, -0.15) is 0 Å². The van der Waals surface area contributed by atoms with Gasteiger partial charge in [0.15, 0.2) is 0 Å². The number of hydrogen-bond donors (Lipinski definition) is 0. The zero-order chi connectivity index (χ0) is 10.9. The molecule has 0 aromatic heterocycles. The summed E-state index contributed by atoms with van der Waals surface area (Å²) >= 11 is 0. The van der Waals surface area contributed by atoms with Gasteiger partial charge in [0, 0.05) is 14.1 Å². The molecule has 4 heteroatoms. The van der Waals surface area contributed by atoms with Crippen molar-refractivity contribution in [1.82, 2.24) is 9.80 Å². The van der Waals surface area contributed by atoms with Crippen molar-refractivity contribution in [3.8, 4) is 0 Å². The standard InChI is InChI=1S/C11H20N2O2/c1-12(2)10(14)15-9-11-5-3-7-13(11)8-4-6-11/h3-9H2,1-2H3. The largest absolute Gasteiger partial charge is 0.447 e. The first kappa shape index (κ1) is 10.7. The number of amides is 1. The molecule has 0 saturated carbocycles. The van der Waals surface area contributed by atoms with E-state index in [1.807, 2.05) is 0 Å². The quantitative estimate of drug-likeness (QED) is 0.692. The van der Waals surface area contributed by atoms with Crippen LogP contribution in [0.15, 0.2) is 0 Å². The topological polar surface area (TPSA) is 32.8 Å². The van der Waals surface area contributed by atoms with Gasteiger partial charge in [-0.25, -0.2) is 4.79 Å². The number of fused-ring (bicyclic) bond motifs is 1. The lowest BCUT2D eigenvalue weighted by Crippen LogP contribution is -2.43. The number of hydrogen-bond acceptors (Lipinski definition) is 3. The summed E-state index contributed by atoms with van der Waals surface area (Å²) in [6, 6.07) is 0. The van der Waals surface area contributed by atoms with Crippen molar-refractivity contribution >= 4 is 6.09 Å². The van der Waals surface area contributed by atoms with Gasteiger partial charge in [0.2, 0.25) is 0 Å². The van der Waals surface area contributed by atoms with E-state index in [0.29, 0.717) is 6.61 Å². The van der Waals surface area contributed by atoms with E-state index in [4.69, 9.17) is 4.74 Å². The van der Waals surface area contributed by atoms with E-state index in [1.165, 1.54) is 43.7 Å². The van der Waals surface area contributed by atoms with E-state index in [-0.39, 0.29) is 11.6 Å². The van der Waals surface area contributed by atoms with Crippen LogP contribution in [0.4, 0.5) is 4.79 Å². The smallest absolute Gasteiger partial charge is 0.409 e. The normalized spacial score (nSPS) is 23.9. The first-order valence-corrected chi connectivity index (χ1v) is 5.73. The summed E-state index contributed by atoms with van der Waals surface area (Å²) in [5, 5.41) is 0. The highest BCUT2D eigenvalue weighted by molar-refractivity contribution is 5.66. The number of rotatable bonds is 2. The third kappa shape index (κ3) is 1.95. The van der Waals surface area contributed by atoms with E-state index in [0.717, 1.165) is 0 Å². The monoisotopic (exact) mass is 212 g/mol. The van der Waals surface area contributed by atoms with Crippen molar-refractivity contribution < 1.29 is 9.53 Å². The van der Waals surface area contributed by atoms with Gasteiger partial charge in [-0.3, -0.25) is 4.90 Å². The Hall–Kier alpha value is -0.770. The highest BCUT2D eigenvalue weighted by Crippen LogP contribution is 2.38. The maximum atomic E-state index is 11.4. The van der Waals surface area contributed by atoms with Crippen molar-refractivity contribution in [2.45, 2.75) is 31.2 Å². The van der Waals surface area contributed by atoms with E-state index in [1.54, 1.807) is 14.1 Å². The van der Waals surface area contributed by atoms with Gasteiger partial charge in [0.1, 0.15) is 6.61 Å². The highest BCUT2D eigenvalue weighted by Gasteiger charge is 2.45. The summed E-state index contributed by atoms with van der Waals surface area (Å²) in [5.74, 6) is 0. The lowest BCUT2D eigenvalue weighted by molar-refractivity contribution is 0.0552. The number of carbonyl (C=O) groups excluding carboxylic acids is 1. The van der Waals surface area contributed by atoms with Gasteiger partial charge < -0.3 is 9.64 Å². The van der Waals surface area contributed by atoms with Gasteiger partial charge in [-0.1, -0.05) is 0 Å². The van der Waals surface area contributed by atoms with Crippen molar-refractivity contribution in [2.75, 3.05) is 33.8 Å². The highest BCUT2D eigenvalue weighted by atomic mass is 16.6. The van der Waals surface area contributed by atoms with Crippen LogP contribution in [0.25, 0.3) is 0 Å². The van der Waals surface area contributed by atoms with E-state index < -0.39 is 0 Å². The second-order valence-corrected chi connectivity index (χ2v) is 4.87. The lowest BCUT2D eigenvalue weighted by Gasteiger charge is -2.31. The van der Waals surface area contributed by atoms with Gasteiger partial charge in [0.05, 0.1) is 5.54 Å². The molecule has 0 unspecified atom stereocenters. The molecule has 2 saturated heterocycles. The Kier molecular flexibility index (Phi) is 2.87. The van der Waals surface area contributed by atoms with Gasteiger partial charge >= 0.3 is 6.09 Å². The molecular formula is C11H20N2O2. The Morgan fingerprint density at radius 1 is 1.33 bits per heavy atom. The van der Waals surface area contributed by atoms with Crippen molar-refractivity contribution in [3.05, 3.63) is 0 Å². The molecule has 0 aromatic rings. The molecule has 2 aliphatic heterocycles. The molecule has 0 spiro atoms. The zero-order valence-corrected chi connectivity index (χ0v) is 9.66. The molecule has 0 aromatic carbocycles. The second kappa shape index (κ2) is 4.00. The average Bonchev–Trinajstić information content (AvgIpc) is 2.72. The summed E-state index contributed by atoms with van der Waals surface area (Å²) in [6.45, 7) is 2.93. The van der Waals surface area contributed by atoms with Crippen LogP contribution in [0, 0.1) is 0 Å². The fourth-order valence-electron chi connectivity index (χ4n) is 2.79. The van der Waals surface area contributed by atoms with Crippen LogP contribution in [0.5, 0.6) is 0 Å². The molecule has 2 aliphatic rings. The van der Waals surface area contributed by atoms with Crippen molar-refractivity contribution in [2.24, 2.45) is 0 Å². The molecule has 0 atom stereocenters. The summed E-state index contributed by atoms with van der Waals surface area (Å²) in [5.41, 5.74) is 0.186. The number of ether oxygens (including phenoxy) is 1. The fourth-order valence-corrected chi connectivity index (χ4v) is 2.79. The summed E-state index contributed by atoms with van der Waals surface area (Å²) in [4.78, 5) is 15.4. The molecule has 4 nitrogen and oxygen atoms in total. The van der Waals surface area contributed by atoms with Gasteiger partial charge in [-0.05, 0) is 38.8 Å². The third-order valence-electron chi connectivity index (χ3n) is 3.64. The first-order chi connectivity index (χ1) is 7.14. The minimum absolute atomic E-state index is 0.186. The van der Waals surface area contributed by atoms with Gasteiger partial charge in [0.25, 0.3) is 0 Å². The minimum Gasteiger partial charge on any atom is -0.447 e. The minimum atomic E-state index is -0.219. The maximum absolute atomic E-state index is 11.4. The Balaban J connectivity index is 1.90. The van der Waals surface area contributed by atoms with Crippen molar-refractivity contribution in [1.29, 1.82) is 0 Å². The molecule has 2 fully saturated rings. The molecule has 2 rings (SSSR count). The van der Waals surface area contributed by atoms with Crippen LogP contribution in [0.1, 0.15) is 25.7 Å². The van der Waals surface area contributed by atoms with Crippen LogP contribution >= 0.6 is 0 Å². The van der Waals surface area contributed by atoms with Gasteiger partial charge in [-0.15, -0.1) is 0 Å². The van der Waals surface area contributed by atoms with E-state index in [2.05, 4.69) is 4.90 Å². The van der Waals surface area contributed by atoms with Crippen LogP contribution in [0.3, 0.4) is 0 Å². The zero-order valence-electron chi connectivity index (χ0n) is 9.66. The fraction of sp³-hybridized carbons (Fsp3) is 0.909. The first-order valence-electron chi connectivity index (χ1n) is 5.73. The Bertz CT molecular complexity index is 243. The third-order valence-corrected chi connectivity index (χ3v) is 3.64. The predicted molar refractivity (Wildman–Crippen MR) is 57.8 cm³/mol. The maximum Gasteiger partial charge on any atom is 0.409 e. The second-order valence-electron chi connectivity index (χ2n) is 4.87. The molecule has 0 radical (unpaired) electrons. The van der Waals surface area contributed by atoms with Crippen LogP contribution in [-0.2, 0) is 4.74 Å². The lowest BCUT2D eigenvalue weighted by atomic mass is 9.95. The molecule has 0 bridgehead atoms. The van der Waals surface area contributed by atoms with Crippen LogP contribution in [-0.4, -0.2) is 55.2 Å². The molecule has 0 aliphatic carbocycles. The summed E-state index contributed by atoms with van der Waals surface area (Å²) in [7, 11) is 3.45. The van der Waals surface area contributed by atoms with E-state index >= 15 is 0 Å². The average molecular weight is 212 g/mol.